The van der Waals surface area contributed by atoms with Gasteiger partial charge in [-0.1, -0.05) is 0 Å². The van der Waals surface area contributed by atoms with Gasteiger partial charge in [-0.2, -0.15) is 0 Å². The SMILES string of the molecule is O=C(O)Cc1c[nH]c2cc(F)c(Br)cc12. The van der Waals surface area contributed by atoms with Gasteiger partial charge in [0.05, 0.1) is 10.9 Å². The van der Waals surface area contributed by atoms with Crippen molar-refractivity contribution in [2.24, 2.45) is 0 Å². The van der Waals surface area contributed by atoms with Crippen LogP contribution in [-0.4, -0.2) is 16.1 Å². The van der Waals surface area contributed by atoms with Gasteiger partial charge < -0.3 is 10.1 Å². The van der Waals surface area contributed by atoms with Crippen LogP contribution in [0.1, 0.15) is 5.56 Å². The molecule has 1 heterocycles. The number of nitrogens with one attached hydrogen (secondary N) is 1. The number of aromatic nitrogens is 1. The van der Waals surface area contributed by atoms with Crippen LogP contribution in [0.2, 0.25) is 0 Å². The van der Waals surface area contributed by atoms with Gasteiger partial charge in [0.1, 0.15) is 5.82 Å². The van der Waals surface area contributed by atoms with Gasteiger partial charge >= 0.3 is 5.97 Å². The molecule has 0 aliphatic rings. The van der Waals surface area contributed by atoms with Crippen molar-refractivity contribution in [3.05, 3.63) is 34.2 Å². The molecular weight excluding hydrogens is 265 g/mol. The third kappa shape index (κ3) is 1.87. The van der Waals surface area contributed by atoms with Gasteiger partial charge in [0.15, 0.2) is 0 Å². The molecule has 0 aliphatic heterocycles. The molecule has 0 aliphatic carbocycles. The zero-order valence-corrected chi connectivity index (χ0v) is 9.14. The smallest absolute Gasteiger partial charge is 0.307 e. The van der Waals surface area contributed by atoms with Crippen LogP contribution >= 0.6 is 15.9 Å². The first kappa shape index (κ1) is 10.2. The Labute approximate surface area is 93.0 Å². The topological polar surface area (TPSA) is 53.1 Å². The summed E-state index contributed by atoms with van der Waals surface area (Å²) < 4.78 is 13.5. The van der Waals surface area contributed by atoms with Gasteiger partial charge in [0, 0.05) is 17.1 Å². The molecular formula is C10H7BrFNO2. The number of fused-ring (bicyclic) bond motifs is 1. The number of aliphatic carboxylic acids is 1. The monoisotopic (exact) mass is 271 g/mol. The second-order valence-electron chi connectivity index (χ2n) is 3.20. The van der Waals surface area contributed by atoms with Gasteiger partial charge in [-0.15, -0.1) is 0 Å². The van der Waals surface area contributed by atoms with Crippen LogP contribution in [0.5, 0.6) is 0 Å². The fourth-order valence-corrected chi connectivity index (χ4v) is 1.83. The lowest BCUT2D eigenvalue weighted by atomic mass is 10.1. The molecule has 0 bridgehead atoms. The van der Waals surface area contributed by atoms with E-state index in [9.17, 15) is 9.18 Å². The van der Waals surface area contributed by atoms with Crippen molar-refractivity contribution >= 4 is 32.8 Å². The Morgan fingerprint density at radius 1 is 1.53 bits per heavy atom. The van der Waals surface area contributed by atoms with E-state index in [1.165, 1.54) is 6.07 Å². The Morgan fingerprint density at radius 3 is 2.93 bits per heavy atom. The van der Waals surface area contributed by atoms with E-state index in [0.717, 1.165) is 5.39 Å². The predicted octanol–water partition coefficient (Wildman–Crippen LogP) is 2.70. The van der Waals surface area contributed by atoms with Crippen molar-refractivity contribution in [3.63, 3.8) is 0 Å². The number of benzene rings is 1. The van der Waals surface area contributed by atoms with Crippen molar-refractivity contribution in [2.45, 2.75) is 6.42 Å². The Balaban J connectivity index is 2.59. The number of carbonyl (C=O) groups is 1. The lowest BCUT2D eigenvalue weighted by Gasteiger charge is -1.97. The number of halogens is 2. The molecule has 2 N–H and O–H groups in total. The first-order valence-corrected chi connectivity index (χ1v) is 5.04. The number of hydrogen-bond donors (Lipinski definition) is 2. The van der Waals surface area contributed by atoms with E-state index in [1.54, 1.807) is 12.3 Å². The zero-order valence-electron chi connectivity index (χ0n) is 7.55. The van der Waals surface area contributed by atoms with Crippen LogP contribution in [0, 0.1) is 5.82 Å². The Morgan fingerprint density at radius 2 is 2.27 bits per heavy atom. The summed E-state index contributed by atoms with van der Waals surface area (Å²) in [6.45, 7) is 0. The number of carboxylic acids is 1. The maximum Gasteiger partial charge on any atom is 0.307 e. The minimum Gasteiger partial charge on any atom is -0.481 e. The van der Waals surface area contributed by atoms with E-state index < -0.39 is 5.97 Å². The van der Waals surface area contributed by atoms with Gasteiger partial charge in [-0.25, -0.2) is 4.39 Å². The maximum atomic E-state index is 13.1. The van der Waals surface area contributed by atoms with Crippen molar-refractivity contribution in [2.75, 3.05) is 0 Å². The number of carboxylic acid groups (broad SMARTS) is 1. The Kier molecular flexibility index (Phi) is 2.48. The molecule has 15 heavy (non-hydrogen) atoms. The van der Waals surface area contributed by atoms with E-state index in [4.69, 9.17) is 5.11 Å². The maximum absolute atomic E-state index is 13.1. The minimum absolute atomic E-state index is 0.0714. The zero-order chi connectivity index (χ0) is 11.0. The number of H-pyrrole nitrogens is 1. The molecule has 0 amide bonds. The molecule has 0 unspecified atom stereocenters. The number of aromatic amines is 1. The standard InChI is InChI=1S/C10H7BrFNO2/c11-7-2-6-5(1-10(14)15)4-13-9(6)3-8(7)12/h2-4,13H,1H2,(H,14,15). The van der Waals surface area contributed by atoms with Crippen LogP contribution in [0.15, 0.2) is 22.8 Å². The first-order valence-electron chi connectivity index (χ1n) is 4.24. The Hall–Kier alpha value is -1.36. The summed E-state index contributed by atoms with van der Waals surface area (Å²) in [6, 6.07) is 2.92. The van der Waals surface area contributed by atoms with Crippen molar-refractivity contribution in [1.29, 1.82) is 0 Å². The first-order chi connectivity index (χ1) is 7.08. The minimum atomic E-state index is -0.906. The van der Waals surface area contributed by atoms with E-state index >= 15 is 0 Å². The summed E-state index contributed by atoms with van der Waals surface area (Å²) in [7, 11) is 0. The number of rotatable bonds is 2. The van der Waals surface area contributed by atoms with Crippen molar-refractivity contribution < 1.29 is 14.3 Å². The van der Waals surface area contributed by atoms with E-state index in [2.05, 4.69) is 20.9 Å². The van der Waals surface area contributed by atoms with E-state index in [0.29, 0.717) is 15.6 Å². The van der Waals surface area contributed by atoms with Crippen LogP contribution < -0.4 is 0 Å². The summed E-state index contributed by atoms with van der Waals surface area (Å²) in [5.74, 6) is -1.28. The normalized spacial score (nSPS) is 10.8. The third-order valence-electron chi connectivity index (χ3n) is 2.15. The third-order valence-corrected chi connectivity index (χ3v) is 2.76. The molecule has 0 saturated carbocycles. The fraction of sp³-hybridized carbons (Fsp3) is 0.100. The second kappa shape index (κ2) is 3.66. The molecule has 0 atom stereocenters. The molecule has 3 nitrogen and oxygen atoms in total. The second-order valence-corrected chi connectivity index (χ2v) is 4.05. The predicted molar refractivity (Wildman–Crippen MR) is 57.3 cm³/mol. The van der Waals surface area contributed by atoms with Crippen LogP contribution in [0.3, 0.4) is 0 Å². The highest BCUT2D eigenvalue weighted by atomic mass is 79.9. The molecule has 0 fully saturated rings. The van der Waals surface area contributed by atoms with Gasteiger partial charge in [0.2, 0.25) is 0 Å². The highest BCUT2D eigenvalue weighted by Crippen LogP contribution is 2.25. The summed E-state index contributed by atoms with van der Waals surface area (Å²) in [5, 5.41) is 9.40. The number of hydrogen-bond acceptors (Lipinski definition) is 1. The van der Waals surface area contributed by atoms with E-state index in [-0.39, 0.29) is 12.2 Å². The highest BCUT2D eigenvalue weighted by Gasteiger charge is 2.10. The quantitative estimate of drug-likeness (QED) is 0.883. The summed E-state index contributed by atoms with van der Waals surface area (Å²) >= 11 is 3.07. The molecule has 1 aromatic carbocycles. The van der Waals surface area contributed by atoms with Crippen molar-refractivity contribution in [3.8, 4) is 0 Å². The molecule has 0 radical (unpaired) electrons. The molecule has 5 heteroatoms. The van der Waals surface area contributed by atoms with Crippen molar-refractivity contribution in [1.82, 2.24) is 4.98 Å². The van der Waals surface area contributed by atoms with Crippen LogP contribution in [0.4, 0.5) is 4.39 Å². The molecule has 0 saturated heterocycles. The van der Waals surface area contributed by atoms with Gasteiger partial charge in [-0.05, 0) is 33.6 Å². The average molecular weight is 272 g/mol. The largest absolute Gasteiger partial charge is 0.481 e. The molecule has 78 valence electrons. The summed E-state index contributed by atoms with van der Waals surface area (Å²) in [5.41, 5.74) is 1.25. The Bertz CT molecular complexity index is 535. The summed E-state index contributed by atoms with van der Waals surface area (Å²) in [4.78, 5) is 13.4. The fourth-order valence-electron chi connectivity index (χ4n) is 1.48. The van der Waals surface area contributed by atoms with Gasteiger partial charge in [0.25, 0.3) is 0 Å². The lowest BCUT2D eigenvalue weighted by molar-refractivity contribution is -0.136. The van der Waals surface area contributed by atoms with Gasteiger partial charge in [-0.3, -0.25) is 4.79 Å². The molecule has 2 aromatic rings. The van der Waals surface area contributed by atoms with Crippen LogP contribution in [-0.2, 0) is 11.2 Å². The molecule has 2 rings (SSSR count). The summed E-state index contributed by atoms with van der Waals surface area (Å²) in [6.07, 6.45) is 1.52. The molecule has 0 spiro atoms. The highest BCUT2D eigenvalue weighted by molar-refractivity contribution is 9.10. The lowest BCUT2D eigenvalue weighted by Crippen LogP contribution is -1.98. The van der Waals surface area contributed by atoms with Crippen LogP contribution in [0.25, 0.3) is 10.9 Å². The molecule has 1 aromatic heterocycles. The van der Waals surface area contributed by atoms with E-state index in [1.807, 2.05) is 0 Å². The average Bonchev–Trinajstić information content (AvgIpc) is 2.49.